The van der Waals surface area contributed by atoms with E-state index in [0.29, 0.717) is 6.04 Å². The zero-order chi connectivity index (χ0) is 14.8. The third-order valence-corrected chi connectivity index (χ3v) is 5.06. The average molecular weight is 296 g/mol. The first-order valence-electron chi connectivity index (χ1n) is 8.35. The highest BCUT2D eigenvalue weighted by Crippen LogP contribution is 2.29. The van der Waals surface area contributed by atoms with Crippen molar-refractivity contribution in [1.29, 1.82) is 0 Å². The summed E-state index contributed by atoms with van der Waals surface area (Å²) in [5.41, 5.74) is 1.44. The van der Waals surface area contributed by atoms with Crippen molar-refractivity contribution in [3.63, 3.8) is 0 Å². The molecule has 2 atom stereocenters. The number of hydrogen-bond acceptors (Lipinski definition) is 3. The van der Waals surface area contributed by atoms with Gasteiger partial charge in [0.25, 0.3) is 0 Å². The first-order chi connectivity index (χ1) is 10.9. The van der Waals surface area contributed by atoms with E-state index in [1.165, 1.54) is 38.0 Å². The fourth-order valence-electron chi connectivity index (χ4n) is 4.01. The van der Waals surface area contributed by atoms with E-state index in [0.717, 1.165) is 24.8 Å². The Hall–Kier alpha value is -1.65. The van der Waals surface area contributed by atoms with E-state index >= 15 is 0 Å². The van der Waals surface area contributed by atoms with E-state index in [2.05, 4.69) is 50.1 Å². The summed E-state index contributed by atoms with van der Waals surface area (Å²) < 4.78 is 0. The number of nitrogens with zero attached hydrogens (tertiary/aromatic N) is 3. The van der Waals surface area contributed by atoms with Crippen molar-refractivity contribution in [2.45, 2.75) is 32.0 Å². The van der Waals surface area contributed by atoms with Crippen LogP contribution in [-0.4, -0.2) is 45.4 Å². The van der Waals surface area contributed by atoms with Gasteiger partial charge in [-0.05, 0) is 24.3 Å². The summed E-state index contributed by atoms with van der Waals surface area (Å²) in [6, 6.07) is 11.6. The molecule has 1 aromatic carbocycles. The van der Waals surface area contributed by atoms with Crippen molar-refractivity contribution in [1.82, 2.24) is 19.8 Å². The molecule has 3 fully saturated rings. The summed E-state index contributed by atoms with van der Waals surface area (Å²) in [7, 11) is 0. The number of H-pyrrole nitrogens is 1. The lowest BCUT2D eigenvalue weighted by atomic mass is 9.94. The molecule has 22 heavy (non-hydrogen) atoms. The molecule has 0 radical (unpaired) electrons. The summed E-state index contributed by atoms with van der Waals surface area (Å²) in [5.74, 6) is 1.90. The van der Waals surface area contributed by atoms with Crippen LogP contribution in [0.5, 0.6) is 0 Å². The van der Waals surface area contributed by atoms with Crippen LogP contribution in [0, 0.1) is 5.92 Å². The van der Waals surface area contributed by atoms with Gasteiger partial charge in [-0.15, -0.1) is 0 Å². The number of fused-ring (bicyclic) bond motifs is 4. The Kier molecular flexibility index (Phi) is 3.95. The molecule has 1 aromatic heterocycles. The topological polar surface area (TPSA) is 35.2 Å². The molecule has 1 N–H and O–H groups in total. The lowest BCUT2D eigenvalue weighted by molar-refractivity contribution is 0.123. The van der Waals surface area contributed by atoms with Crippen molar-refractivity contribution >= 4 is 0 Å². The molecule has 5 rings (SSSR count). The minimum atomic E-state index is 0.689. The second kappa shape index (κ2) is 6.23. The van der Waals surface area contributed by atoms with Gasteiger partial charge in [-0.1, -0.05) is 30.3 Å². The Labute approximate surface area is 132 Å². The minimum Gasteiger partial charge on any atom is -0.348 e. The molecule has 0 unspecified atom stereocenters. The Morgan fingerprint density at radius 3 is 2.77 bits per heavy atom. The highest BCUT2D eigenvalue weighted by molar-refractivity contribution is 5.15. The zero-order valence-electron chi connectivity index (χ0n) is 13.0. The van der Waals surface area contributed by atoms with Gasteiger partial charge in [0.2, 0.25) is 0 Å². The number of piperidine rings is 1. The van der Waals surface area contributed by atoms with Crippen molar-refractivity contribution in [3.05, 3.63) is 54.1 Å². The smallest absolute Gasteiger partial charge is 0.120 e. The quantitative estimate of drug-likeness (QED) is 0.941. The van der Waals surface area contributed by atoms with Crippen LogP contribution in [0.3, 0.4) is 0 Å². The van der Waals surface area contributed by atoms with E-state index in [4.69, 9.17) is 0 Å². The van der Waals surface area contributed by atoms with Gasteiger partial charge in [-0.2, -0.15) is 0 Å². The second-order valence-electron chi connectivity index (χ2n) is 6.74. The molecule has 3 saturated heterocycles. The van der Waals surface area contributed by atoms with Crippen LogP contribution in [0.2, 0.25) is 0 Å². The maximum absolute atomic E-state index is 4.39. The Balaban J connectivity index is 1.44. The predicted molar refractivity (Wildman–Crippen MR) is 87.2 cm³/mol. The SMILES string of the molecule is c1ccc(CN2C[C@H]3CC[C@@H]2CN(Cc2ncc[nH]2)C3)cc1. The molecule has 3 aliphatic rings. The number of aromatic amines is 1. The number of rotatable bonds is 4. The molecule has 2 bridgehead atoms. The molecule has 2 aromatic rings. The third kappa shape index (κ3) is 3.08. The van der Waals surface area contributed by atoms with Crippen LogP contribution in [-0.2, 0) is 13.1 Å². The van der Waals surface area contributed by atoms with Gasteiger partial charge in [0.05, 0.1) is 6.54 Å². The summed E-state index contributed by atoms with van der Waals surface area (Å²) in [5, 5.41) is 0. The van der Waals surface area contributed by atoms with Gasteiger partial charge >= 0.3 is 0 Å². The van der Waals surface area contributed by atoms with Gasteiger partial charge < -0.3 is 4.98 Å². The van der Waals surface area contributed by atoms with Crippen molar-refractivity contribution in [2.75, 3.05) is 19.6 Å². The van der Waals surface area contributed by atoms with Gasteiger partial charge in [0.15, 0.2) is 0 Å². The summed E-state index contributed by atoms with van der Waals surface area (Å²) in [6.45, 7) is 5.68. The molecular formula is C18H24N4. The lowest BCUT2D eigenvalue weighted by Gasteiger charge is -2.36. The van der Waals surface area contributed by atoms with Gasteiger partial charge in [0.1, 0.15) is 5.82 Å². The predicted octanol–water partition coefficient (Wildman–Crippen LogP) is 2.51. The summed E-state index contributed by atoms with van der Waals surface area (Å²) in [6.07, 6.45) is 6.49. The molecule has 4 nitrogen and oxygen atoms in total. The molecule has 0 aliphatic carbocycles. The molecular weight excluding hydrogens is 272 g/mol. The van der Waals surface area contributed by atoms with Crippen LogP contribution in [0.1, 0.15) is 24.2 Å². The fourth-order valence-corrected chi connectivity index (χ4v) is 4.01. The fraction of sp³-hybridized carbons (Fsp3) is 0.500. The largest absolute Gasteiger partial charge is 0.348 e. The number of benzene rings is 1. The monoisotopic (exact) mass is 296 g/mol. The number of nitrogens with one attached hydrogen (secondary N) is 1. The molecule has 0 saturated carbocycles. The van der Waals surface area contributed by atoms with Gasteiger partial charge in [0, 0.05) is 44.6 Å². The maximum Gasteiger partial charge on any atom is 0.120 e. The van der Waals surface area contributed by atoms with Gasteiger partial charge in [-0.25, -0.2) is 4.98 Å². The molecule has 0 amide bonds. The molecule has 116 valence electrons. The van der Waals surface area contributed by atoms with Crippen molar-refractivity contribution < 1.29 is 0 Å². The van der Waals surface area contributed by atoms with E-state index < -0.39 is 0 Å². The summed E-state index contributed by atoms with van der Waals surface area (Å²) >= 11 is 0. The molecule has 4 heteroatoms. The van der Waals surface area contributed by atoms with Crippen LogP contribution in [0.4, 0.5) is 0 Å². The van der Waals surface area contributed by atoms with Crippen LogP contribution in [0.15, 0.2) is 42.7 Å². The van der Waals surface area contributed by atoms with Gasteiger partial charge in [-0.3, -0.25) is 9.80 Å². The van der Waals surface area contributed by atoms with Crippen molar-refractivity contribution in [2.24, 2.45) is 5.92 Å². The average Bonchev–Trinajstić information content (AvgIpc) is 2.89. The van der Waals surface area contributed by atoms with Crippen LogP contribution < -0.4 is 0 Å². The minimum absolute atomic E-state index is 0.689. The molecule has 4 heterocycles. The Bertz CT molecular complexity index is 580. The first kappa shape index (κ1) is 14.0. The summed E-state index contributed by atoms with van der Waals surface area (Å²) in [4.78, 5) is 12.9. The Morgan fingerprint density at radius 2 is 1.95 bits per heavy atom. The highest BCUT2D eigenvalue weighted by atomic mass is 15.3. The normalized spacial score (nSPS) is 26.2. The Morgan fingerprint density at radius 1 is 1.05 bits per heavy atom. The standard InChI is InChI=1S/C18H24N4/c1-2-4-15(5-3-1)11-22-12-16-6-7-17(22)13-21(10-16)14-18-19-8-9-20-18/h1-5,8-9,16-17H,6-7,10-14H2,(H,19,20)/t16-,17+/m0/s1. The van der Waals surface area contributed by atoms with Crippen LogP contribution in [0.25, 0.3) is 0 Å². The zero-order valence-corrected chi connectivity index (χ0v) is 13.0. The van der Waals surface area contributed by atoms with Crippen molar-refractivity contribution in [3.8, 4) is 0 Å². The number of aromatic nitrogens is 2. The number of hydrogen-bond donors (Lipinski definition) is 1. The first-order valence-corrected chi connectivity index (χ1v) is 8.35. The van der Waals surface area contributed by atoms with E-state index in [9.17, 15) is 0 Å². The van der Waals surface area contributed by atoms with E-state index in [1.54, 1.807) is 0 Å². The lowest BCUT2D eigenvalue weighted by Crippen LogP contribution is -2.43. The van der Waals surface area contributed by atoms with Crippen LogP contribution >= 0.6 is 0 Å². The molecule has 3 aliphatic heterocycles. The third-order valence-electron chi connectivity index (χ3n) is 5.06. The van der Waals surface area contributed by atoms with E-state index in [1.807, 2.05) is 12.4 Å². The second-order valence-corrected chi connectivity index (χ2v) is 6.74. The molecule has 0 spiro atoms. The van der Waals surface area contributed by atoms with E-state index in [-0.39, 0.29) is 0 Å². The number of imidazole rings is 1. The maximum atomic E-state index is 4.39. The highest BCUT2D eigenvalue weighted by Gasteiger charge is 2.34.